The van der Waals surface area contributed by atoms with Gasteiger partial charge in [-0.2, -0.15) is 0 Å². The van der Waals surface area contributed by atoms with Gasteiger partial charge in [-0.3, -0.25) is 0 Å². The predicted molar refractivity (Wildman–Crippen MR) is 113 cm³/mol. The maximum Gasteiger partial charge on any atom is 0.347 e. The molecule has 0 spiro atoms. The van der Waals surface area contributed by atoms with Crippen LogP contribution >= 0.6 is 7.80 Å². The third kappa shape index (κ3) is 11.4. The molecule has 0 saturated carbocycles. The lowest BCUT2D eigenvalue weighted by Crippen LogP contribution is -2.26. The molecule has 0 aliphatic rings. The average Bonchev–Trinajstić information content (AvgIpc) is 2.61. The van der Waals surface area contributed by atoms with Crippen LogP contribution in [0.3, 0.4) is 0 Å². The number of rotatable bonds is 18. The van der Waals surface area contributed by atoms with Gasteiger partial charge in [-0.1, -0.05) is 96.5 Å². The molecule has 0 saturated heterocycles. The van der Waals surface area contributed by atoms with Crippen molar-refractivity contribution in [2.24, 2.45) is 0 Å². The van der Waals surface area contributed by atoms with Gasteiger partial charge in [-0.05, 0) is 32.1 Å². The Bertz CT molecular complexity index is 313. The molecule has 0 aromatic carbocycles. The number of unbranched alkanes of at least 4 members (excludes halogenated alkanes) is 9. The van der Waals surface area contributed by atoms with E-state index in [9.17, 15) is 9.67 Å². The maximum absolute atomic E-state index is 13.0. The SMILES string of the molecule is CCCCCCCCCC(CC)(CC)[P+](=O)CC(O)CCCCCC. The zero-order chi connectivity index (χ0) is 19.0. The van der Waals surface area contributed by atoms with Crippen molar-refractivity contribution < 1.29 is 9.67 Å². The molecule has 0 radical (unpaired) electrons. The summed E-state index contributed by atoms with van der Waals surface area (Å²) in [5, 5.41) is 10.2. The Morgan fingerprint density at radius 1 is 0.760 bits per heavy atom. The molecule has 3 heteroatoms. The summed E-state index contributed by atoms with van der Waals surface area (Å²) in [5.74, 6) is 0. The standard InChI is InChI=1S/C22H46O2P/c1-5-9-11-13-14-15-17-19-22(7-3,8-4)25(24)20-21(23)18-16-12-10-6-2/h21,23H,5-20H2,1-4H3/q+1. The molecule has 0 amide bonds. The minimum Gasteiger partial charge on any atom is -0.389 e. The molecule has 0 bridgehead atoms. The van der Waals surface area contributed by atoms with Crippen molar-refractivity contribution in [2.45, 2.75) is 135 Å². The third-order valence-corrected chi connectivity index (χ3v) is 8.53. The fourth-order valence-electron chi connectivity index (χ4n) is 3.78. The molecule has 2 unspecified atom stereocenters. The highest BCUT2D eigenvalue weighted by atomic mass is 31.1. The Morgan fingerprint density at radius 3 is 1.76 bits per heavy atom. The first-order valence-electron chi connectivity index (χ1n) is 11.2. The fourth-order valence-corrected chi connectivity index (χ4v) is 5.84. The van der Waals surface area contributed by atoms with E-state index in [1.54, 1.807) is 0 Å². The van der Waals surface area contributed by atoms with Gasteiger partial charge in [0.15, 0.2) is 11.3 Å². The van der Waals surface area contributed by atoms with Gasteiger partial charge in [-0.25, -0.2) is 0 Å². The van der Waals surface area contributed by atoms with E-state index in [0.717, 1.165) is 32.1 Å². The second-order valence-corrected chi connectivity index (χ2v) is 9.94. The lowest BCUT2D eigenvalue weighted by Gasteiger charge is -2.22. The van der Waals surface area contributed by atoms with Crippen molar-refractivity contribution in [1.29, 1.82) is 0 Å². The Balaban J connectivity index is 4.22. The van der Waals surface area contributed by atoms with E-state index in [1.807, 2.05) is 0 Å². The second kappa shape index (κ2) is 16.2. The fraction of sp³-hybridized carbons (Fsp3) is 1.00. The highest BCUT2D eigenvalue weighted by Crippen LogP contribution is 2.48. The number of aliphatic hydroxyl groups is 1. The normalized spacial score (nSPS) is 13.9. The molecule has 0 aliphatic heterocycles. The zero-order valence-corrected chi connectivity index (χ0v) is 18.6. The Hall–Kier alpha value is 0.0600. The van der Waals surface area contributed by atoms with Crippen LogP contribution in [-0.2, 0) is 4.57 Å². The van der Waals surface area contributed by atoms with Crippen molar-refractivity contribution >= 4 is 7.80 Å². The summed E-state index contributed by atoms with van der Waals surface area (Å²) in [4.78, 5) is 0. The van der Waals surface area contributed by atoms with Crippen LogP contribution in [-0.4, -0.2) is 22.5 Å². The van der Waals surface area contributed by atoms with Gasteiger partial charge in [0.05, 0.1) is 6.10 Å². The van der Waals surface area contributed by atoms with Gasteiger partial charge in [0, 0.05) is 0 Å². The van der Waals surface area contributed by atoms with E-state index >= 15 is 0 Å². The summed E-state index contributed by atoms with van der Waals surface area (Å²) >= 11 is 0. The number of aliphatic hydroxyl groups excluding tert-OH is 1. The largest absolute Gasteiger partial charge is 0.389 e. The molecular formula is C22H46O2P+. The van der Waals surface area contributed by atoms with Crippen LogP contribution in [0, 0.1) is 0 Å². The lowest BCUT2D eigenvalue weighted by molar-refractivity contribution is 0.182. The van der Waals surface area contributed by atoms with Crippen molar-refractivity contribution in [3.05, 3.63) is 0 Å². The van der Waals surface area contributed by atoms with E-state index in [1.165, 1.54) is 64.2 Å². The van der Waals surface area contributed by atoms with Crippen LogP contribution < -0.4 is 0 Å². The molecule has 150 valence electrons. The molecular weight excluding hydrogens is 327 g/mol. The Labute approximate surface area is 159 Å². The molecule has 25 heavy (non-hydrogen) atoms. The van der Waals surface area contributed by atoms with Crippen molar-refractivity contribution in [2.75, 3.05) is 6.16 Å². The predicted octanol–water partition coefficient (Wildman–Crippen LogP) is 7.84. The monoisotopic (exact) mass is 373 g/mol. The van der Waals surface area contributed by atoms with E-state index in [0.29, 0.717) is 6.16 Å². The topological polar surface area (TPSA) is 37.3 Å². The van der Waals surface area contributed by atoms with Crippen LogP contribution in [0.1, 0.15) is 124 Å². The molecule has 0 aromatic rings. The van der Waals surface area contributed by atoms with Crippen molar-refractivity contribution in [3.63, 3.8) is 0 Å². The number of hydrogen-bond acceptors (Lipinski definition) is 2. The van der Waals surface area contributed by atoms with Crippen LogP contribution in [0.4, 0.5) is 0 Å². The van der Waals surface area contributed by atoms with E-state index in [-0.39, 0.29) is 11.3 Å². The van der Waals surface area contributed by atoms with Gasteiger partial charge in [0.2, 0.25) is 0 Å². The van der Waals surface area contributed by atoms with Crippen molar-refractivity contribution in [3.8, 4) is 0 Å². The average molecular weight is 374 g/mol. The number of hydrogen-bond donors (Lipinski definition) is 1. The quantitative estimate of drug-likeness (QED) is 0.196. The second-order valence-electron chi connectivity index (χ2n) is 7.87. The first kappa shape index (κ1) is 25.1. The summed E-state index contributed by atoms with van der Waals surface area (Å²) in [5.41, 5.74) is 0. The first-order chi connectivity index (χ1) is 12.1. The molecule has 0 aromatic heterocycles. The first-order valence-corrected chi connectivity index (χ1v) is 12.6. The molecule has 0 fully saturated rings. The molecule has 2 nitrogen and oxygen atoms in total. The molecule has 0 rings (SSSR count). The zero-order valence-electron chi connectivity index (χ0n) is 17.7. The maximum atomic E-state index is 13.0. The summed E-state index contributed by atoms with van der Waals surface area (Å²) in [7, 11) is -1.32. The van der Waals surface area contributed by atoms with Crippen LogP contribution in [0.15, 0.2) is 0 Å². The van der Waals surface area contributed by atoms with Crippen molar-refractivity contribution in [1.82, 2.24) is 0 Å². The Morgan fingerprint density at radius 2 is 1.24 bits per heavy atom. The van der Waals surface area contributed by atoms with Gasteiger partial charge < -0.3 is 5.11 Å². The minimum absolute atomic E-state index is 0.0385. The minimum atomic E-state index is -1.32. The van der Waals surface area contributed by atoms with Crippen LogP contribution in [0.2, 0.25) is 0 Å². The Kier molecular flexibility index (Phi) is 16.3. The van der Waals surface area contributed by atoms with Gasteiger partial charge in [0.25, 0.3) is 0 Å². The highest BCUT2D eigenvalue weighted by molar-refractivity contribution is 7.46. The van der Waals surface area contributed by atoms with E-state index in [2.05, 4.69) is 27.7 Å². The summed E-state index contributed by atoms with van der Waals surface area (Å²) in [6, 6.07) is 0. The highest BCUT2D eigenvalue weighted by Gasteiger charge is 2.45. The van der Waals surface area contributed by atoms with Gasteiger partial charge in [0.1, 0.15) is 0 Å². The molecule has 0 aliphatic carbocycles. The third-order valence-electron chi connectivity index (χ3n) is 5.86. The molecule has 1 N–H and O–H groups in total. The van der Waals surface area contributed by atoms with E-state index in [4.69, 9.17) is 0 Å². The summed E-state index contributed by atoms with van der Waals surface area (Å²) < 4.78 is 13.0. The van der Waals surface area contributed by atoms with Crippen LogP contribution in [0.5, 0.6) is 0 Å². The smallest absolute Gasteiger partial charge is 0.347 e. The summed E-state index contributed by atoms with van der Waals surface area (Å²) in [6.45, 7) is 8.83. The van der Waals surface area contributed by atoms with Gasteiger partial charge >= 0.3 is 7.80 Å². The lowest BCUT2D eigenvalue weighted by atomic mass is 9.94. The molecule has 0 heterocycles. The van der Waals surface area contributed by atoms with Gasteiger partial charge in [-0.15, -0.1) is 0 Å². The molecule has 2 atom stereocenters. The van der Waals surface area contributed by atoms with Crippen LogP contribution in [0.25, 0.3) is 0 Å². The van der Waals surface area contributed by atoms with E-state index < -0.39 is 7.80 Å². The summed E-state index contributed by atoms with van der Waals surface area (Å²) in [6.07, 6.45) is 17.9.